The van der Waals surface area contributed by atoms with Gasteiger partial charge in [0.1, 0.15) is 0 Å². The maximum absolute atomic E-state index is 11.5. The molecular formula is C10H19NO3. The molecule has 0 aliphatic rings. The molecule has 14 heavy (non-hydrogen) atoms. The lowest BCUT2D eigenvalue weighted by Crippen LogP contribution is -2.32. The summed E-state index contributed by atoms with van der Waals surface area (Å²) in [7, 11) is 1.72. The van der Waals surface area contributed by atoms with Crippen molar-refractivity contribution in [2.45, 2.75) is 33.1 Å². The fourth-order valence-corrected chi connectivity index (χ4v) is 1.13. The van der Waals surface area contributed by atoms with Crippen LogP contribution in [0.1, 0.15) is 33.1 Å². The van der Waals surface area contributed by atoms with Crippen LogP contribution in [0.3, 0.4) is 0 Å². The predicted molar refractivity (Wildman–Crippen MR) is 54.0 cm³/mol. The summed E-state index contributed by atoms with van der Waals surface area (Å²) < 4.78 is 0. The van der Waals surface area contributed by atoms with E-state index in [1.54, 1.807) is 11.9 Å². The van der Waals surface area contributed by atoms with Crippen molar-refractivity contribution in [1.82, 2.24) is 4.90 Å². The minimum Gasteiger partial charge on any atom is -0.481 e. The molecule has 0 aliphatic carbocycles. The van der Waals surface area contributed by atoms with Crippen molar-refractivity contribution >= 4 is 11.9 Å². The van der Waals surface area contributed by atoms with E-state index in [9.17, 15) is 9.59 Å². The molecule has 0 fully saturated rings. The quantitative estimate of drug-likeness (QED) is 0.705. The smallest absolute Gasteiger partial charge is 0.303 e. The largest absolute Gasteiger partial charge is 0.481 e. The SMILES string of the molecule is CCC(C)C(=O)N(C)CCCC(=O)O. The van der Waals surface area contributed by atoms with E-state index in [4.69, 9.17) is 5.11 Å². The van der Waals surface area contributed by atoms with Gasteiger partial charge in [-0.25, -0.2) is 0 Å². The molecule has 0 bridgehead atoms. The molecule has 0 rings (SSSR count). The van der Waals surface area contributed by atoms with E-state index in [1.165, 1.54) is 0 Å². The summed E-state index contributed by atoms with van der Waals surface area (Å²) in [5.41, 5.74) is 0. The molecule has 1 amide bonds. The van der Waals surface area contributed by atoms with Gasteiger partial charge in [0.05, 0.1) is 0 Å². The van der Waals surface area contributed by atoms with Gasteiger partial charge in [0, 0.05) is 25.9 Å². The Morgan fingerprint density at radius 2 is 2.00 bits per heavy atom. The van der Waals surface area contributed by atoms with Gasteiger partial charge in [0.2, 0.25) is 5.91 Å². The zero-order valence-corrected chi connectivity index (χ0v) is 9.12. The van der Waals surface area contributed by atoms with Crippen LogP contribution in [0.5, 0.6) is 0 Å². The molecule has 0 spiro atoms. The zero-order chi connectivity index (χ0) is 11.1. The van der Waals surface area contributed by atoms with Crippen molar-refractivity contribution in [3.63, 3.8) is 0 Å². The number of aliphatic carboxylic acids is 1. The van der Waals surface area contributed by atoms with E-state index in [-0.39, 0.29) is 18.2 Å². The standard InChI is InChI=1S/C10H19NO3/c1-4-8(2)10(14)11(3)7-5-6-9(12)13/h8H,4-7H2,1-3H3,(H,12,13). The molecular weight excluding hydrogens is 182 g/mol. The highest BCUT2D eigenvalue weighted by atomic mass is 16.4. The molecule has 0 saturated carbocycles. The van der Waals surface area contributed by atoms with Gasteiger partial charge in [-0.2, -0.15) is 0 Å². The van der Waals surface area contributed by atoms with Crippen LogP contribution in [-0.2, 0) is 9.59 Å². The number of carboxylic acid groups (broad SMARTS) is 1. The van der Waals surface area contributed by atoms with Gasteiger partial charge in [-0.15, -0.1) is 0 Å². The summed E-state index contributed by atoms with van der Waals surface area (Å²) in [5, 5.41) is 8.42. The molecule has 0 aromatic rings. The molecule has 0 aliphatic heterocycles. The van der Waals surface area contributed by atoms with Gasteiger partial charge in [-0.3, -0.25) is 9.59 Å². The molecule has 1 N–H and O–H groups in total. The maximum atomic E-state index is 11.5. The summed E-state index contributed by atoms with van der Waals surface area (Å²) >= 11 is 0. The minimum absolute atomic E-state index is 0.0322. The minimum atomic E-state index is -0.811. The first-order chi connectivity index (χ1) is 6.49. The molecule has 4 heteroatoms. The van der Waals surface area contributed by atoms with Gasteiger partial charge < -0.3 is 10.0 Å². The zero-order valence-electron chi connectivity index (χ0n) is 9.12. The van der Waals surface area contributed by atoms with Crippen molar-refractivity contribution < 1.29 is 14.7 Å². The average Bonchev–Trinajstić information content (AvgIpc) is 2.14. The molecule has 0 aromatic heterocycles. The van der Waals surface area contributed by atoms with E-state index >= 15 is 0 Å². The normalized spacial score (nSPS) is 12.2. The third-order valence-electron chi connectivity index (χ3n) is 2.29. The second-order valence-corrected chi connectivity index (χ2v) is 3.57. The summed E-state index contributed by atoms with van der Waals surface area (Å²) in [5.74, 6) is -0.683. The highest BCUT2D eigenvalue weighted by molar-refractivity contribution is 5.78. The molecule has 82 valence electrons. The number of amides is 1. The van der Waals surface area contributed by atoms with Crippen LogP contribution >= 0.6 is 0 Å². The fraction of sp³-hybridized carbons (Fsp3) is 0.800. The van der Waals surface area contributed by atoms with Crippen LogP contribution in [0.25, 0.3) is 0 Å². The Kier molecular flexibility index (Phi) is 5.92. The van der Waals surface area contributed by atoms with Crippen molar-refractivity contribution in [2.24, 2.45) is 5.92 Å². The van der Waals surface area contributed by atoms with Gasteiger partial charge >= 0.3 is 5.97 Å². The van der Waals surface area contributed by atoms with Gasteiger partial charge in [0.15, 0.2) is 0 Å². The second-order valence-electron chi connectivity index (χ2n) is 3.57. The molecule has 0 saturated heterocycles. The number of nitrogens with zero attached hydrogens (tertiary/aromatic N) is 1. The van der Waals surface area contributed by atoms with Crippen molar-refractivity contribution in [3.8, 4) is 0 Å². The fourth-order valence-electron chi connectivity index (χ4n) is 1.13. The maximum Gasteiger partial charge on any atom is 0.303 e. The third kappa shape index (κ3) is 4.84. The van der Waals surface area contributed by atoms with Gasteiger partial charge in [-0.05, 0) is 12.8 Å². The van der Waals surface area contributed by atoms with E-state index < -0.39 is 5.97 Å². The Morgan fingerprint density at radius 3 is 2.43 bits per heavy atom. The van der Waals surface area contributed by atoms with E-state index in [2.05, 4.69) is 0 Å². The summed E-state index contributed by atoms with van der Waals surface area (Å²) in [4.78, 5) is 23.4. The first-order valence-electron chi connectivity index (χ1n) is 4.95. The van der Waals surface area contributed by atoms with Crippen molar-refractivity contribution in [3.05, 3.63) is 0 Å². The second kappa shape index (κ2) is 6.40. The van der Waals surface area contributed by atoms with Crippen LogP contribution in [0.15, 0.2) is 0 Å². The summed E-state index contributed by atoms with van der Waals surface area (Å²) in [6, 6.07) is 0. The van der Waals surface area contributed by atoms with Crippen LogP contribution in [0.4, 0.5) is 0 Å². The Labute approximate surface area is 84.9 Å². The Bertz CT molecular complexity index is 204. The van der Waals surface area contributed by atoms with Crippen LogP contribution in [0.2, 0.25) is 0 Å². The highest BCUT2D eigenvalue weighted by Crippen LogP contribution is 2.05. The monoisotopic (exact) mass is 201 g/mol. The Balaban J connectivity index is 3.78. The van der Waals surface area contributed by atoms with Crippen LogP contribution in [-0.4, -0.2) is 35.5 Å². The topological polar surface area (TPSA) is 57.6 Å². The van der Waals surface area contributed by atoms with E-state index in [0.29, 0.717) is 13.0 Å². The van der Waals surface area contributed by atoms with Crippen LogP contribution in [0, 0.1) is 5.92 Å². The molecule has 4 nitrogen and oxygen atoms in total. The average molecular weight is 201 g/mol. The number of carboxylic acids is 1. The predicted octanol–water partition coefficient (Wildman–Crippen LogP) is 1.36. The van der Waals surface area contributed by atoms with Crippen molar-refractivity contribution in [1.29, 1.82) is 0 Å². The molecule has 0 radical (unpaired) electrons. The van der Waals surface area contributed by atoms with E-state index in [0.717, 1.165) is 6.42 Å². The third-order valence-corrected chi connectivity index (χ3v) is 2.29. The first kappa shape index (κ1) is 12.9. The lowest BCUT2D eigenvalue weighted by atomic mass is 10.1. The molecule has 0 aromatic carbocycles. The van der Waals surface area contributed by atoms with Gasteiger partial charge in [0.25, 0.3) is 0 Å². The van der Waals surface area contributed by atoms with Gasteiger partial charge in [-0.1, -0.05) is 13.8 Å². The lowest BCUT2D eigenvalue weighted by molar-refractivity contribution is -0.138. The lowest BCUT2D eigenvalue weighted by Gasteiger charge is -2.20. The first-order valence-corrected chi connectivity index (χ1v) is 4.95. The number of rotatable bonds is 6. The Morgan fingerprint density at radius 1 is 1.43 bits per heavy atom. The summed E-state index contributed by atoms with van der Waals surface area (Å²) in [6.07, 6.45) is 1.47. The molecule has 1 unspecified atom stereocenters. The number of carbonyl (C=O) groups is 2. The van der Waals surface area contributed by atoms with Crippen LogP contribution < -0.4 is 0 Å². The number of hydrogen-bond donors (Lipinski definition) is 1. The Hall–Kier alpha value is -1.06. The highest BCUT2D eigenvalue weighted by Gasteiger charge is 2.15. The van der Waals surface area contributed by atoms with E-state index in [1.807, 2.05) is 13.8 Å². The number of hydrogen-bond acceptors (Lipinski definition) is 2. The molecule has 0 heterocycles. The molecule has 1 atom stereocenters. The number of carbonyl (C=O) groups excluding carboxylic acids is 1. The summed E-state index contributed by atoms with van der Waals surface area (Å²) in [6.45, 7) is 4.37. The van der Waals surface area contributed by atoms with Crippen molar-refractivity contribution in [2.75, 3.05) is 13.6 Å².